The third-order valence-corrected chi connectivity index (χ3v) is 3.34. The van der Waals surface area contributed by atoms with Crippen LogP contribution in [0.5, 0.6) is 0 Å². The number of aliphatic hydroxyl groups excluding tert-OH is 1. The second-order valence-corrected chi connectivity index (χ2v) is 4.49. The Hall–Kier alpha value is -0.420. The Morgan fingerprint density at radius 2 is 2.27 bits per heavy atom. The van der Waals surface area contributed by atoms with Crippen LogP contribution >= 0.6 is 11.3 Å². The van der Waals surface area contributed by atoms with Crippen LogP contribution in [0, 0.1) is 0 Å². The predicted octanol–water partition coefficient (Wildman–Crippen LogP) is 1.79. The highest BCUT2D eigenvalue weighted by Gasteiger charge is 2.13. The quantitative estimate of drug-likeness (QED) is 0.781. The maximum Gasteiger partial charge on any atom is 0.0922 e. The third-order valence-electron chi connectivity index (χ3n) is 2.64. The van der Waals surface area contributed by atoms with Crippen LogP contribution in [-0.4, -0.2) is 30.9 Å². The zero-order valence-corrected chi connectivity index (χ0v) is 10.3. The summed E-state index contributed by atoms with van der Waals surface area (Å²) in [5.41, 5.74) is 0.977. The van der Waals surface area contributed by atoms with E-state index in [1.54, 1.807) is 18.4 Å². The molecule has 0 aliphatic carbocycles. The first-order chi connectivity index (χ1) is 7.15. The summed E-state index contributed by atoms with van der Waals surface area (Å²) in [7, 11) is 1.69. The highest BCUT2D eigenvalue weighted by atomic mass is 32.1. The summed E-state index contributed by atoms with van der Waals surface area (Å²) >= 11 is 1.60. The molecule has 0 bridgehead atoms. The zero-order valence-electron chi connectivity index (χ0n) is 9.43. The van der Waals surface area contributed by atoms with Gasteiger partial charge in [-0.05, 0) is 36.2 Å². The minimum absolute atomic E-state index is 0.152. The Bertz CT molecular complexity index is 264. The summed E-state index contributed by atoms with van der Waals surface area (Å²) in [6.07, 6.45) is -0.276. The van der Waals surface area contributed by atoms with Crippen LogP contribution in [0.25, 0.3) is 0 Å². The van der Waals surface area contributed by atoms with Gasteiger partial charge in [0, 0.05) is 19.7 Å². The summed E-state index contributed by atoms with van der Waals surface area (Å²) in [6.45, 7) is 4.62. The largest absolute Gasteiger partial charge is 0.387 e. The van der Waals surface area contributed by atoms with E-state index in [0.717, 1.165) is 5.56 Å². The first kappa shape index (κ1) is 12.6. The number of hydrogen-bond donors (Lipinski definition) is 2. The van der Waals surface area contributed by atoms with Crippen molar-refractivity contribution >= 4 is 11.3 Å². The fourth-order valence-corrected chi connectivity index (χ4v) is 1.96. The number of methoxy groups -OCH3 is 1. The van der Waals surface area contributed by atoms with Crippen molar-refractivity contribution in [2.24, 2.45) is 0 Å². The van der Waals surface area contributed by atoms with Crippen LogP contribution in [0.3, 0.4) is 0 Å². The molecule has 0 saturated carbocycles. The van der Waals surface area contributed by atoms with Gasteiger partial charge in [0.25, 0.3) is 0 Å². The second kappa shape index (κ2) is 6.23. The van der Waals surface area contributed by atoms with Gasteiger partial charge in [-0.1, -0.05) is 0 Å². The first-order valence-electron chi connectivity index (χ1n) is 5.11. The van der Waals surface area contributed by atoms with Crippen molar-refractivity contribution in [3.63, 3.8) is 0 Å². The Kier molecular flexibility index (Phi) is 5.25. The molecule has 0 aliphatic rings. The Labute approximate surface area is 95.1 Å². The number of rotatable bonds is 6. The monoisotopic (exact) mass is 229 g/mol. The Morgan fingerprint density at radius 1 is 1.53 bits per heavy atom. The second-order valence-electron chi connectivity index (χ2n) is 3.71. The lowest BCUT2D eigenvalue weighted by molar-refractivity contribution is 0.0807. The number of thiophene rings is 1. The number of nitrogens with one attached hydrogen (secondary N) is 1. The van der Waals surface area contributed by atoms with E-state index in [0.29, 0.717) is 6.54 Å². The molecule has 2 N–H and O–H groups in total. The predicted molar refractivity (Wildman–Crippen MR) is 63.2 cm³/mol. The highest BCUT2D eigenvalue weighted by molar-refractivity contribution is 7.07. The van der Waals surface area contributed by atoms with Crippen molar-refractivity contribution in [3.05, 3.63) is 22.4 Å². The van der Waals surface area contributed by atoms with Crippen LogP contribution in [0.1, 0.15) is 25.5 Å². The number of ether oxygens (including phenoxy) is 1. The molecule has 1 rings (SSSR count). The van der Waals surface area contributed by atoms with E-state index in [-0.39, 0.29) is 12.1 Å². The average Bonchev–Trinajstić information content (AvgIpc) is 2.77. The molecule has 0 aromatic carbocycles. The Morgan fingerprint density at radius 3 is 2.80 bits per heavy atom. The van der Waals surface area contributed by atoms with Crippen molar-refractivity contribution in [1.82, 2.24) is 5.32 Å². The van der Waals surface area contributed by atoms with Gasteiger partial charge in [-0.3, -0.25) is 0 Å². The average molecular weight is 229 g/mol. The molecule has 3 atom stereocenters. The van der Waals surface area contributed by atoms with Gasteiger partial charge in [-0.15, -0.1) is 0 Å². The fraction of sp³-hybridized carbons (Fsp3) is 0.636. The van der Waals surface area contributed by atoms with Gasteiger partial charge in [0.2, 0.25) is 0 Å². The van der Waals surface area contributed by atoms with E-state index in [4.69, 9.17) is 4.74 Å². The van der Waals surface area contributed by atoms with Crippen LogP contribution in [0.2, 0.25) is 0 Å². The third kappa shape index (κ3) is 3.91. The van der Waals surface area contributed by atoms with Crippen LogP contribution in [0.15, 0.2) is 16.8 Å². The van der Waals surface area contributed by atoms with E-state index in [1.807, 2.05) is 23.8 Å². The van der Waals surface area contributed by atoms with E-state index in [9.17, 15) is 5.11 Å². The minimum atomic E-state index is -0.428. The standard InChI is InChI=1S/C11H19NO2S/c1-8(9(2)14-3)12-6-11(13)10-4-5-15-7-10/h4-5,7-9,11-13H,6H2,1-3H3. The maximum absolute atomic E-state index is 9.82. The summed E-state index contributed by atoms with van der Waals surface area (Å²) < 4.78 is 5.19. The SMILES string of the molecule is COC(C)C(C)NCC(O)c1ccsc1. The molecule has 1 heterocycles. The maximum atomic E-state index is 9.82. The van der Waals surface area contributed by atoms with E-state index in [1.165, 1.54) is 0 Å². The smallest absolute Gasteiger partial charge is 0.0922 e. The molecular formula is C11H19NO2S. The molecule has 3 nitrogen and oxygen atoms in total. The van der Waals surface area contributed by atoms with Crippen molar-refractivity contribution in [1.29, 1.82) is 0 Å². The zero-order chi connectivity index (χ0) is 11.3. The van der Waals surface area contributed by atoms with Gasteiger partial charge in [0.05, 0.1) is 12.2 Å². The lowest BCUT2D eigenvalue weighted by Crippen LogP contribution is -2.38. The van der Waals surface area contributed by atoms with Crippen molar-refractivity contribution in [3.8, 4) is 0 Å². The van der Waals surface area contributed by atoms with Gasteiger partial charge >= 0.3 is 0 Å². The highest BCUT2D eigenvalue weighted by Crippen LogP contribution is 2.15. The molecule has 4 heteroatoms. The molecule has 0 fully saturated rings. The van der Waals surface area contributed by atoms with E-state index >= 15 is 0 Å². The fourth-order valence-electron chi connectivity index (χ4n) is 1.25. The van der Waals surface area contributed by atoms with Crippen molar-refractivity contribution < 1.29 is 9.84 Å². The van der Waals surface area contributed by atoms with Gasteiger partial charge < -0.3 is 15.2 Å². The molecule has 3 unspecified atom stereocenters. The van der Waals surface area contributed by atoms with E-state index in [2.05, 4.69) is 12.2 Å². The topological polar surface area (TPSA) is 41.5 Å². The summed E-state index contributed by atoms with van der Waals surface area (Å²) in [6, 6.07) is 2.19. The molecule has 15 heavy (non-hydrogen) atoms. The van der Waals surface area contributed by atoms with Crippen LogP contribution in [-0.2, 0) is 4.74 Å². The Balaban J connectivity index is 2.31. The van der Waals surface area contributed by atoms with Crippen LogP contribution in [0.4, 0.5) is 0 Å². The van der Waals surface area contributed by atoms with E-state index < -0.39 is 6.10 Å². The van der Waals surface area contributed by atoms with Gasteiger partial charge in [-0.25, -0.2) is 0 Å². The number of aliphatic hydroxyl groups is 1. The first-order valence-corrected chi connectivity index (χ1v) is 6.05. The lowest BCUT2D eigenvalue weighted by Gasteiger charge is -2.21. The van der Waals surface area contributed by atoms with Crippen molar-refractivity contribution in [2.75, 3.05) is 13.7 Å². The van der Waals surface area contributed by atoms with Gasteiger partial charge in [-0.2, -0.15) is 11.3 Å². The number of hydrogen-bond acceptors (Lipinski definition) is 4. The molecule has 1 aromatic heterocycles. The molecular weight excluding hydrogens is 210 g/mol. The summed E-state index contributed by atoms with van der Waals surface area (Å²) in [5.74, 6) is 0. The van der Waals surface area contributed by atoms with Crippen molar-refractivity contribution in [2.45, 2.75) is 32.1 Å². The normalized spacial score (nSPS) is 17.3. The molecule has 0 radical (unpaired) electrons. The van der Waals surface area contributed by atoms with Crippen LogP contribution < -0.4 is 5.32 Å². The molecule has 0 amide bonds. The molecule has 0 aliphatic heterocycles. The van der Waals surface area contributed by atoms with Gasteiger partial charge in [0.15, 0.2) is 0 Å². The lowest BCUT2D eigenvalue weighted by atomic mass is 10.1. The molecule has 86 valence electrons. The minimum Gasteiger partial charge on any atom is -0.387 e. The van der Waals surface area contributed by atoms with Gasteiger partial charge in [0.1, 0.15) is 0 Å². The summed E-state index contributed by atoms with van der Waals surface area (Å²) in [4.78, 5) is 0. The molecule has 0 spiro atoms. The molecule has 0 saturated heterocycles. The molecule has 1 aromatic rings. The summed E-state index contributed by atoms with van der Waals surface area (Å²) in [5, 5.41) is 17.0.